The first-order chi connectivity index (χ1) is 13.5. The molecular formula is C23H27ClN2O2. The molecule has 0 spiro atoms. The van der Waals surface area contributed by atoms with Gasteiger partial charge in [0.25, 0.3) is 0 Å². The number of ketones is 1. The fourth-order valence-corrected chi connectivity index (χ4v) is 3.62. The SMILES string of the molecule is Cc1ccc(C(=O)CCC(=O)NC2CCN(Cc3ccc(Cl)cc3)CC2)cc1. The van der Waals surface area contributed by atoms with Gasteiger partial charge in [-0.25, -0.2) is 0 Å². The Morgan fingerprint density at radius 1 is 1.00 bits per heavy atom. The summed E-state index contributed by atoms with van der Waals surface area (Å²) in [6.45, 7) is 4.80. The number of aryl methyl sites for hydroxylation is 1. The lowest BCUT2D eigenvalue weighted by Gasteiger charge is -2.32. The summed E-state index contributed by atoms with van der Waals surface area (Å²) >= 11 is 5.93. The molecule has 1 aliphatic heterocycles. The van der Waals surface area contributed by atoms with Crippen LogP contribution in [0.2, 0.25) is 5.02 Å². The summed E-state index contributed by atoms with van der Waals surface area (Å²) in [6, 6.07) is 15.6. The van der Waals surface area contributed by atoms with Crippen molar-refractivity contribution < 1.29 is 9.59 Å². The average Bonchev–Trinajstić information content (AvgIpc) is 2.70. The third-order valence-electron chi connectivity index (χ3n) is 5.22. The molecule has 1 N–H and O–H groups in total. The minimum Gasteiger partial charge on any atom is -0.353 e. The summed E-state index contributed by atoms with van der Waals surface area (Å²) in [5.74, 6) is -0.00968. The predicted molar refractivity (Wildman–Crippen MR) is 113 cm³/mol. The molecule has 2 aromatic carbocycles. The van der Waals surface area contributed by atoms with Gasteiger partial charge in [0.1, 0.15) is 0 Å². The second-order valence-electron chi connectivity index (χ2n) is 7.53. The van der Waals surface area contributed by atoms with Crippen molar-refractivity contribution in [2.75, 3.05) is 13.1 Å². The standard InChI is InChI=1S/C23H27ClN2O2/c1-17-2-6-19(7-3-17)22(27)10-11-23(28)25-21-12-14-26(15-13-21)16-18-4-8-20(24)9-5-18/h2-9,21H,10-16H2,1H3,(H,25,28). The van der Waals surface area contributed by atoms with Crippen LogP contribution in [0.3, 0.4) is 0 Å². The Labute approximate surface area is 171 Å². The maximum atomic E-state index is 12.2. The van der Waals surface area contributed by atoms with Crippen molar-refractivity contribution in [3.05, 3.63) is 70.2 Å². The van der Waals surface area contributed by atoms with E-state index in [9.17, 15) is 9.59 Å². The third kappa shape index (κ3) is 6.18. The molecule has 1 heterocycles. The molecule has 0 atom stereocenters. The van der Waals surface area contributed by atoms with E-state index in [1.807, 2.05) is 43.3 Å². The van der Waals surface area contributed by atoms with E-state index < -0.39 is 0 Å². The van der Waals surface area contributed by atoms with E-state index in [0.717, 1.165) is 43.1 Å². The monoisotopic (exact) mass is 398 g/mol. The number of amides is 1. The molecule has 28 heavy (non-hydrogen) atoms. The molecule has 2 aromatic rings. The molecule has 4 nitrogen and oxygen atoms in total. The van der Waals surface area contributed by atoms with Crippen LogP contribution >= 0.6 is 11.6 Å². The average molecular weight is 399 g/mol. The number of hydrogen-bond donors (Lipinski definition) is 1. The van der Waals surface area contributed by atoms with Crippen molar-refractivity contribution in [3.8, 4) is 0 Å². The minimum atomic E-state index is -0.0309. The number of rotatable bonds is 7. The smallest absolute Gasteiger partial charge is 0.220 e. The number of nitrogens with one attached hydrogen (secondary N) is 1. The molecular weight excluding hydrogens is 372 g/mol. The Hall–Kier alpha value is -2.17. The zero-order valence-corrected chi connectivity index (χ0v) is 17.0. The Balaban J connectivity index is 1.37. The molecule has 3 rings (SSSR count). The van der Waals surface area contributed by atoms with Gasteiger partial charge in [0, 0.05) is 49.1 Å². The second kappa shape index (κ2) is 9.85. The summed E-state index contributed by atoms with van der Waals surface area (Å²) in [6.07, 6.45) is 2.37. The van der Waals surface area contributed by atoms with Crippen LogP contribution < -0.4 is 5.32 Å². The summed E-state index contributed by atoms with van der Waals surface area (Å²) in [5, 5.41) is 3.85. The molecule has 148 valence electrons. The molecule has 0 saturated carbocycles. The lowest BCUT2D eigenvalue weighted by molar-refractivity contribution is -0.122. The molecule has 0 unspecified atom stereocenters. The Morgan fingerprint density at radius 2 is 1.64 bits per heavy atom. The van der Waals surface area contributed by atoms with Gasteiger partial charge in [0.05, 0.1) is 0 Å². The lowest BCUT2D eigenvalue weighted by atomic mass is 10.0. The number of halogens is 1. The first-order valence-electron chi connectivity index (χ1n) is 9.85. The first-order valence-corrected chi connectivity index (χ1v) is 10.2. The van der Waals surface area contributed by atoms with E-state index in [2.05, 4.69) is 22.3 Å². The number of piperidine rings is 1. The highest BCUT2D eigenvalue weighted by atomic mass is 35.5. The van der Waals surface area contributed by atoms with Gasteiger partial charge in [0.2, 0.25) is 5.91 Å². The van der Waals surface area contributed by atoms with Crippen LogP contribution in [0.4, 0.5) is 0 Å². The van der Waals surface area contributed by atoms with Gasteiger partial charge in [-0.05, 0) is 37.5 Å². The quantitative estimate of drug-likeness (QED) is 0.703. The number of nitrogens with zero attached hydrogens (tertiary/aromatic N) is 1. The lowest BCUT2D eigenvalue weighted by Crippen LogP contribution is -2.44. The number of carbonyl (C=O) groups excluding carboxylic acids is 2. The minimum absolute atomic E-state index is 0.0212. The van der Waals surface area contributed by atoms with Crippen LogP contribution in [0.15, 0.2) is 48.5 Å². The second-order valence-corrected chi connectivity index (χ2v) is 7.97. The zero-order valence-electron chi connectivity index (χ0n) is 16.3. The Morgan fingerprint density at radius 3 is 2.29 bits per heavy atom. The number of Topliss-reactive ketones (excluding diaryl/α,β-unsaturated/α-hetero) is 1. The number of carbonyl (C=O) groups is 2. The van der Waals surface area contributed by atoms with Gasteiger partial charge in [-0.2, -0.15) is 0 Å². The normalized spacial score (nSPS) is 15.4. The van der Waals surface area contributed by atoms with Crippen molar-refractivity contribution in [3.63, 3.8) is 0 Å². The highest BCUT2D eigenvalue weighted by Gasteiger charge is 2.21. The molecule has 1 aliphatic rings. The van der Waals surface area contributed by atoms with Gasteiger partial charge in [-0.1, -0.05) is 53.6 Å². The van der Waals surface area contributed by atoms with Crippen molar-refractivity contribution in [1.29, 1.82) is 0 Å². The van der Waals surface area contributed by atoms with E-state index >= 15 is 0 Å². The fourth-order valence-electron chi connectivity index (χ4n) is 3.49. The first kappa shape index (κ1) is 20.6. The van der Waals surface area contributed by atoms with Gasteiger partial charge in [0.15, 0.2) is 5.78 Å². The van der Waals surface area contributed by atoms with Gasteiger partial charge < -0.3 is 5.32 Å². The molecule has 0 aliphatic carbocycles. The van der Waals surface area contributed by atoms with E-state index in [-0.39, 0.29) is 30.6 Å². The fraction of sp³-hybridized carbons (Fsp3) is 0.391. The van der Waals surface area contributed by atoms with Crippen LogP contribution in [0.1, 0.15) is 47.2 Å². The maximum Gasteiger partial charge on any atom is 0.220 e. The highest BCUT2D eigenvalue weighted by Crippen LogP contribution is 2.16. The van der Waals surface area contributed by atoms with Crippen molar-refractivity contribution in [2.24, 2.45) is 0 Å². The molecule has 1 fully saturated rings. The maximum absolute atomic E-state index is 12.2. The molecule has 0 bridgehead atoms. The highest BCUT2D eigenvalue weighted by molar-refractivity contribution is 6.30. The number of hydrogen-bond acceptors (Lipinski definition) is 3. The molecule has 5 heteroatoms. The van der Waals surface area contributed by atoms with Crippen LogP contribution in [0.5, 0.6) is 0 Å². The van der Waals surface area contributed by atoms with Crippen molar-refractivity contribution in [2.45, 2.75) is 45.2 Å². The largest absolute Gasteiger partial charge is 0.353 e. The molecule has 1 saturated heterocycles. The van der Waals surface area contributed by atoms with Crippen molar-refractivity contribution >= 4 is 23.3 Å². The van der Waals surface area contributed by atoms with Crippen LogP contribution in [0, 0.1) is 6.92 Å². The number of likely N-dealkylation sites (tertiary alicyclic amines) is 1. The van der Waals surface area contributed by atoms with Crippen LogP contribution in [0.25, 0.3) is 0 Å². The molecule has 0 radical (unpaired) electrons. The zero-order chi connectivity index (χ0) is 19.9. The molecule has 1 amide bonds. The van der Waals surface area contributed by atoms with Crippen LogP contribution in [-0.2, 0) is 11.3 Å². The number of benzene rings is 2. The summed E-state index contributed by atoms with van der Waals surface area (Å²) in [7, 11) is 0. The van der Waals surface area contributed by atoms with Crippen LogP contribution in [-0.4, -0.2) is 35.7 Å². The van der Waals surface area contributed by atoms with E-state index in [4.69, 9.17) is 11.6 Å². The topological polar surface area (TPSA) is 49.4 Å². The summed E-state index contributed by atoms with van der Waals surface area (Å²) in [5.41, 5.74) is 3.05. The Bertz CT molecular complexity index is 794. The summed E-state index contributed by atoms with van der Waals surface area (Å²) in [4.78, 5) is 26.8. The predicted octanol–water partition coefficient (Wildman–Crippen LogP) is 4.39. The van der Waals surface area contributed by atoms with E-state index in [1.54, 1.807) is 0 Å². The Kier molecular flexibility index (Phi) is 7.24. The van der Waals surface area contributed by atoms with Gasteiger partial charge >= 0.3 is 0 Å². The summed E-state index contributed by atoms with van der Waals surface area (Å²) < 4.78 is 0. The van der Waals surface area contributed by atoms with E-state index in [1.165, 1.54) is 5.56 Å². The van der Waals surface area contributed by atoms with E-state index in [0.29, 0.717) is 5.56 Å². The van der Waals surface area contributed by atoms with Gasteiger partial charge in [-0.15, -0.1) is 0 Å². The molecule has 0 aromatic heterocycles. The van der Waals surface area contributed by atoms with Crippen molar-refractivity contribution in [1.82, 2.24) is 10.2 Å². The van der Waals surface area contributed by atoms with Gasteiger partial charge in [-0.3, -0.25) is 14.5 Å². The third-order valence-corrected chi connectivity index (χ3v) is 5.48.